The number of benzene rings is 1. The lowest BCUT2D eigenvalue weighted by Gasteiger charge is -2.11. The Morgan fingerprint density at radius 2 is 1.77 bits per heavy atom. The Balaban J connectivity index is 2.76. The normalized spacial score (nSPS) is 14.0. The van der Waals surface area contributed by atoms with Crippen molar-refractivity contribution in [1.82, 2.24) is 4.72 Å². The van der Waals surface area contributed by atoms with Gasteiger partial charge in [-0.15, -0.1) is 0 Å². The lowest BCUT2D eigenvalue weighted by Crippen LogP contribution is -2.25. The van der Waals surface area contributed by atoms with E-state index < -0.39 is 10.0 Å². The molecule has 0 saturated carbocycles. The van der Waals surface area contributed by atoms with Gasteiger partial charge in [0.05, 0.1) is 6.26 Å². The van der Waals surface area contributed by atoms with E-state index in [1.165, 1.54) is 0 Å². The minimum atomic E-state index is -3.12. The molecule has 1 aromatic carbocycles. The first-order chi connectivity index (χ1) is 5.99. The number of sulfonamides is 1. The highest BCUT2D eigenvalue weighted by Gasteiger charge is 2.09. The molecule has 0 fully saturated rings. The third-order valence-electron chi connectivity index (χ3n) is 1.69. The van der Waals surface area contributed by atoms with Crippen LogP contribution in [-0.4, -0.2) is 14.7 Å². The van der Waals surface area contributed by atoms with Gasteiger partial charge in [-0.1, -0.05) is 30.3 Å². The third-order valence-corrected chi connectivity index (χ3v) is 2.47. The van der Waals surface area contributed by atoms with E-state index >= 15 is 0 Å². The topological polar surface area (TPSA) is 46.2 Å². The molecule has 0 bridgehead atoms. The zero-order valence-electron chi connectivity index (χ0n) is 7.69. The van der Waals surface area contributed by atoms with Gasteiger partial charge in [-0.2, -0.15) is 0 Å². The summed E-state index contributed by atoms with van der Waals surface area (Å²) in [7, 11) is -3.12. The molecule has 4 heteroatoms. The highest BCUT2D eigenvalue weighted by Crippen LogP contribution is 2.11. The van der Waals surface area contributed by atoms with Crippen LogP contribution in [0.5, 0.6) is 0 Å². The van der Waals surface area contributed by atoms with Crippen LogP contribution in [0.3, 0.4) is 0 Å². The van der Waals surface area contributed by atoms with E-state index in [2.05, 4.69) is 4.72 Å². The van der Waals surface area contributed by atoms with E-state index in [-0.39, 0.29) is 6.04 Å². The Morgan fingerprint density at radius 3 is 2.23 bits per heavy atom. The van der Waals surface area contributed by atoms with Crippen LogP contribution in [-0.2, 0) is 10.0 Å². The molecule has 0 aliphatic heterocycles. The average molecular weight is 199 g/mol. The van der Waals surface area contributed by atoms with Crippen molar-refractivity contribution in [3.8, 4) is 0 Å². The molecule has 72 valence electrons. The van der Waals surface area contributed by atoms with Crippen LogP contribution in [0, 0.1) is 0 Å². The summed E-state index contributed by atoms with van der Waals surface area (Å²) in [5.74, 6) is 0. The molecule has 0 unspecified atom stereocenters. The molecule has 0 radical (unpaired) electrons. The van der Waals surface area contributed by atoms with Gasteiger partial charge in [0.25, 0.3) is 0 Å². The molecule has 1 N–H and O–H groups in total. The van der Waals surface area contributed by atoms with E-state index in [0.717, 1.165) is 11.8 Å². The molecular weight excluding hydrogens is 186 g/mol. The van der Waals surface area contributed by atoms with E-state index in [1.807, 2.05) is 37.3 Å². The van der Waals surface area contributed by atoms with Crippen LogP contribution in [0.25, 0.3) is 0 Å². The summed E-state index contributed by atoms with van der Waals surface area (Å²) in [5, 5.41) is 0. The maximum absolute atomic E-state index is 10.9. The van der Waals surface area contributed by atoms with Crippen LogP contribution in [0.1, 0.15) is 18.5 Å². The highest BCUT2D eigenvalue weighted by molar-refractivity contribution is 7.88. The standard InChI is InChI=1S/C9H13NO2S/c1-8(10-13(2,11)12)9-6-4-3-5-7-9/h3-8,10H,1-2H3/t8-/m0/s1. The SMILES string of the molecule is C[C@H](NS(C)(=O)=O)c1ccccc1. The molecule has 0 amide bonds. The molecule has 0 saturated heterocycles. The Hall–Kier alpha value is -0.870. The van der Waals surface area contributed by atoms with E-state index in [0.29, 0.717) is 0 Å². The summed E-state index contributed by atoms with van der Waals surface area (Å²) in [5.41, 5.74) is 0.966. The molecule has 0 aliphatic rings. The van der Waals surface area contributed by atoms with Crippen LogP contribution in [0.4, 0.5) is 0 Å². The second-order valence-electron chi connectivity index (χ2n) is 3.02. The predicted octanol–water partition coefficient (Wildman–Crippen LogP) is 1.30. The van der Waals surface area contributed by atoms with E-state index in [4.69, 9.17) is 0 Å². The summed E-state index contributed by atoms with van der Waals surface area (Å²) >= 11 is 0. The number of nitrogens with one attached hydrogen (secondary N) is 1. The van der Waals surface area contributed by atoms with Crippen LogP contribution >= 0.6 is 0 Å². The first kappa shape index (κ1) is 10.2. The zero-order valence-corrected chi connectivity index (χ0v) is 8.51. The number of hydrogen-bond acceptors (Lipinski definition) is 2. The van der Waals surface area contributed by atoms with Crippen molar-refractivity contribution in [2.75, 3.05) is 6.26 Å². The van der Waals surface area contributed by atoms with Crippen LogP contribution in [0.15, 0.2) is 30.3 Å². The first-order valence-electron chi connectivity index (χ1n) is 4.01. The molecule has 1 aromatic rings. The van der Waals surface area contributed by atoms with Crippen LogP contribution in [0.2, 0.25) is 0 Å². The van der Waals surface area contributed by atoms with Gasteiger partial charge in [0.1, 0.15) is 0 Å². The number of hydrogen-bond donors (Lipinski definition) is 1. The maximum Gasteiger partial charge on any atom is 0.209 e. The molecule has 13 heavy (non-hydrogen) atoms. The highest BCUT2D eigenvalue weighted by atomic mass is 32.2. The molecule has 0 aromatic heterocycles. The van der Waals surface area contributed by atoms with Crippen molar-refractivity contribution >= 4 is 10.0 Å². The second kappa shape index (κ2) is 3.89. The summed E-state index contributed by atoms with van der Waals surface area (Å²) in [6.07, 6.45) is 1.16. The van der Waals surface area contributed by atoms with Gasteiger partial charge in [0.2, 0.25) is 10.0 Å². The van der Waals surface area contributed by atoms with E-state index in [9.17, 15) is 8.42 Å². The van der Waals surface area contributed by atoms with E-state index in [1.54, 1.807) is 0 Å². The molecule has 3 nitrogen and oxygen atoms in total. The molecule has 0 spiro atoms. The number of rotatable bonds is 3. The van der Waals surface area contributed by atoms with Crippen molar-refractivity contribution in [3.63, 3.8) is 0 Å². The fraction of sp³-hybridized carbons (Fsp3) is 0.333. The largest absolute Gasteiger partial charge is 0.213 e. The molecule has 1 atom stereocenters. The predicted molar refractivity (Wildman–Crippen MR) is 52.8 cm³/mol. The smallest absolute Gasteiger partial charge is 0.209 e. The minimum absolute atomic E-state index is 0.170. The summed E-state index contributed by atoms with van der Waals surface area (Å²) in [4.78, 5) is 0. The van der Waals surface area contributed by atoms with Crippen molar-refractivity contribution in [2.45, 2.75) is 13.0 Å². The Labute approximate surface area is 78.8 Å². The molecule has 1 rings (SSSR count). The average Bonchev–Trinajstić information content (AvgIpc) is 2.03. The quantitative estimate of drug-likeness (QED) is 0.797. The van der Waals surface area contributed by atoms with Gasteiger partial charge in [0, 0.05) is 6.04 Å². The minimum Gasteiger partial charge on any atom is -0.213 e. The third kappa shape index (κ3) is 3.57. The summed E-state index contributed by atoms with van der Waals surface area (Å²) in [6.45, 7) is 1.82. The summed E-state index contributed by atoms with van der Waals surface area (Å²) in [6, 6.07) is 9.28. The van der Waals surface area contributed by atoms with Crippen LogP contribution < -0.4 is 4.72 Å². The molecule has 0 heterocycles. The molecule has 0 aliphatic carbocycles. The molecular formula is C9H13NO2S. The van der Waals surface area contributed by atoms with Gasteiger partial charge in [-0.05, 0) is 12.5 Å². The zero-order chi connectivity index (χ0) is 9.90. The fourth-order valence-corrected chi connectivity index (χ4v) is 1.91. The van der Waals surface area contributed by atoms with Gasteiger partial charge in [0.15, 0.2) is 0 Å². The fourth-order valence-electron chi connectivity index (χ4n) is 1.13. The lowest BCUT2D eigenvalue weighted by atomic mass is 10.1. The monoisotopic (exact) mass is 199 g/mol. The van der Waals surface area contributed by atoms with Gasteiger partial charge < -0.3 is 0 Å². The van der Waals surface area contributed by atoms with Crippen molar-refractivity contribution in [1.29, 1.82) is 0 Å². The van der Waals surface area contributed by atoms with Gasteiger partial charge in [-0.3, -0.25) is 0 Å². The Kier molecular flexibility index (Phi) is 3.06. The maximum atomic E-state index is 10.9. The van der Waals surface area contributed by atoms with Crippen molar-refractivity contribution in [3.05, 3.63) is 35.9 Å². The van der Waals surface area contributed by atoms with Crippen molar-refractivity contribution in [2.24, 2.45) is 0 Å². The van der Waals surface area contributed by atoms with Gasteiger partial charge >= 0.3 is 0 Å². The summed E-state index contributed by atoms with van der Waals surface area (Å²) < 4.78 is 24.3. The van der Waals surface area contributed by atoms with Crippen molar-refractivity contribution < 1.29 is 8.42 Å². The Bertz CT molecular complexity index is 358. The Morgan fingerprint density at radius 1 is 1.23 bits per heavy atom. The second-order valence-corrected chi connectivity index (χ2v) is 4.80. The van der Waals surface area contributed by atoms with Gasteiger partial charge in [-0.25, -0.2) is 13.1 Å². The first-order valence-corrected chi connectivity index (χ1v) is 5.90. The lowest BCUT2D eigenvalue weighted by molar-refractivity contribution is 0.573.